The summed E-state index contributed by atoms with van der Waals surface area (Å²) in [6, 6.07) is 7.96. The molecule has 1 amide bonds. The summed E-state index contributed by atoms with van der Waals surface area (Å²) in [5, 5.41) is 5.95. The van der Waals surface area contributed by atoms with Crippen LogP contribution in [0.3, 0.4) is 0 Å². The first-order valence-corrected chi connectivity index (χ1v) is 6.59. The van der Waals surface area contributed by atoms with Gasteiger partial charge in [-0.3, -0.25) is 4.79 Å². The molecule has 2 rings (SSSR count). The summed E-state index contributed by atoms with van der Waals surface area (Å²) in [5.74, 6) is 0.105. The van der Waals surface area contributed by atoms with Crippen molar-refractivity contribution < 1.29 is 4.79 Å². The SMILES string of the molecule is CCCC1=NN(Cc2cccc(Br)c2)C(=O)C1. The van der Waals surface area contributed by atoms with E-state index in [9.17, 15) is 4.79 Å². The van der Waals surface area contributed by atoms with Crippen LogP contribution in [0.5, 0.6) is 0 Å². The van der Waals surface area contributed by atoms with Gasteiger partial charge in [0.15, 0.2) is 0 Å². The summed E-state index contributed by atoms with van der Waals surface area (Å²) < 4.78 is 1.03. The molecular weight excluding hydrogens is 280 g/mol. The van der Waals surface area contributed by atoms with Crippen LogP contribution in [0.1, 0.15) is 31.7 Å². The van der Waals surface area contributed by atoms with Crippen molar-refractivity contribution in [2.24, 2.45) is 5.10 Å². The summed E-state index contributed by atoms with van der Waals surface area (Å²) in [4.78, 5) is 11.7. The van der Waals surface area contributed by atoms with E-state index in [1.807, 2.05) is 24.3 Å². The van der Waals surface area contributed by atoms with Gasteiger partial charge >= 0.3 is 0 Å². The molecule has 3 nitrogen and oxygen atoms in total. The van der Waals surface area contributed by atoms with Crippen molar-refractivity contribution in [1.29, 1.82) is 0 Å². The van der Waals surface area contributed by atoms with Crippen molar-refractivity contribution in [3.05, 3.63) is 34.3 Å². The molecule has 0 spiro atoms. The Balaban J connectivity index is 2.06. The third-order valence-electron chi connectivity index (χ3n) is 2.67. The molecule has 1 aliphatic heterocycles. The molecule has 0 aliphatic carbocycles. The summed E-state index contributed by atoms with van der Waals surface area (Å²) >= 11 is 3.42. The van der Waals surface area contributed by atoms with Crippen LogP contribution in [-0.4, -0.2) is 16.6 Å². The van der Waals surface area contributed by atoms with Crippen LogP contribution >= 0.6 is 15.9 Å². The standard InChI is InChI=1S/C13H15BrN2O/c1-2-4-12-8-13(17)16(15-12)9-10-5-3-6-11(14)7-10/h3,5-7H,2,4,8-9H2,1H3. The maximum absolute atomic E-state index is 11.7. The highest BCUT2D eigenvalue weighted by atomic mass is 79.9. The molecule has 1 aliphatic rings. The second kappa shape index (κ2) is 5.45. The average molecular weight is 295 g/mol. The highest BCUT2D eigenvalue weighted by Gasteiger charge is 2.22. The van der Waals surface area contributed by atoms with Crippen LogP contribution in [0.25, 0.3) is 0 Å². The molecule has 0 saturated heterocycles. The number of hydrogen-bond acceptors (Lipinski definition) is 2. The molecule has 0 radical (unpaired) electrons. The lowest BCUT2D eigenvalue weighted by Gasteiger charge is -2.11. The summed E-state index contributed by atoms with van der Waals surface area (Å²) in [6.07, 6.45) is 2.44. The lowest BCUT2D eigenvalue weighted by Crippen LogP contribution is -2.19. The van der Waals surface area contributed by atoms with Gasteiger partial charge in [0.2, 0.25) is 5.91 Å². The van der Waals surface area contributed by atoms with Gasteiger partial charge in [-0.1, -0.05) is 41.4 Å². The fourth-order valence-electron chi connectivity index (χ4n) is 1.89. The summed E-state index contributed by atoms with van der Waals surface area (Å²) in [7, 11) is 0. The van der Waals surface area contributed by atoms with Crippen LogP contribution in [0.4, 0.5) is 0 Å². The van der Waals surface area contributed by atoms with Gasteiger partial charge in [0.1, 0.15) is 0 Å². The predicted molar refractivity (Wildman–Crippen MR) is 71.7 cm³/mol. The topological polar surface area (TPSA) is 32.7 Å². The number of carbonyl (C=O) groups is 1. The molecule has 0 fully saturated rings. The first-order valence-electron chi connectivity index (χ1n) is 5.80. The predicted octanol–water partition coefficient (Wildman–Crippen LogP) is 3.34. The molecular formula is C13H15BrN2O. The van der Waals surface area contributed by atoms with E-state index >= 15 is 0 Å². The zero-order valence-electron chi connectivity index (χ0n) is 9.82. The zero-order valence-corrected chi connectivity index (χ0v) is 11.4. The van der Waals surface area contributed by atoms with Gasteiger partial charge in [-0.2, -0.15) is 5.10 Å². The van der Waals surface area contributed by atoms with E-state index in [-0.39, 0.29) is 5.91 Å². The molecule has 1 aromatic rings. The van der Waals surface area contributed by atoms with E-state index in [2.05, 4.69) is 28.0 Å². The van der Waals surface area contributed by atoms with E-state index in [1.54, 1.807) is 5.01 Å². The fourth-order valence-corrected chi connectivity index (χ4v) is 2.33. The molecule has 0 N–H and O–H groups in total. The third-order valence-corrected chi connectivity index (χ3v) is 3.16. The maximum atomic E-state index is 11.7. The summed E-state index contributed by atoms with van der Waals surface area (Å²) in [5.41, 5.74) is 2.10. The van der Waals surface area contributed by atoms with Gasteiger partial charge in [-0.25, -0.2) is 5.01 Å². The first-order chi connectivity index (χ1) is 8.19. The van der Waals surface area contributed by atoms with Gasteiger partial charge < -0.3 is 0 Å². The number of amides is 1. The smallest absolute Gasteiger partial charge is 0.248 e. The summed E-state index contributed by atoms with van der Waals surface area (Å²) in [6.45, 7) is 2.66. The molecule has 1 heterocycles. The van der Waals surface area contributed by atoms with Crippen LogP contribution in [0, 0.1) is 0 Å². The highest BCUT2D eigenvalue weighted by molar-refractivity contribution is 9.10. The Morgan fingerprint density at radius 3 is 3.00 bits per heavy atom. The van der Waals surface area contributed by atoms with Gasteiger partial charge in [-0.05, 0) is 24.1 Å². The maximum Gasteiger partial charge on any atom is 0.248 e. The Kier molecular flexibility index (Phi) is 3.94. The van der Waals surface area contributed by atoms with E-state index in [1.165, 1.54) is 0 Å². The first kappa shape index (κ1) is 12.3. The van der Waals surface area contributed by atoms with Crippen molar-refractivity contribution in [3.8, 4) is 0 Å². The largest absolute Gasteiger partial charge is 0.273 e. The number of benzene rings is 1. The van der Waals surface area contributed by atoms with Gasteiger partial charge in [0.25, 0.3) is 0 Å². The second-order valence-electron chi connectivity index (χ2n) is 4.17. The van der Waals surface area contributed by atoms with Crippen molar-refractivity contribution in [2.45, 2.75) is 32.7 Å². The highest BCUT2D eigenvalue weighted by Crippen LogP contribution is 2.18. The Hall–Kier alpha value is -1.16. The Labute approximate surface area is 110 Å². The van der Waals surface area contributed by atoms with Crippen molar-refractivity contribution in [2.75, 3.05) is 0 Å². The Morgan fingerprint density at radius 1 is 1.47 bits per heavy atom. The molecule has 4 heteroatoms. The number of halogens is 1. The van der Waals surface area contributed by atoms with E-state index in [0.717, 1.165) is 28.6 Å². The molecule has 0 bridgehead atoms. The number of nitrogens with zero attached hydrogens (tertiary/aromatic N) is 2. The molecule has 1 aromatic carbocycles. The lowest BCUT2D eigenvalue weighted by molar-refractivity contribution is -0.129. The van der Waals surface area contributed by atoms with E-state index in [4.69, 9.17) is 0 Å². The number of hydrogen-bond donors (Lipinski definition) is 0. The molecule has 0 saturated carbocycles. The van der Waals surface area contributed by atoms with Gasteiger partial charge in [-0.15, -0.1) is 0 Å². The molecule has 0 unspecified atom stereocenters. The van der Waals surface area contributed by atoms with Crippen LogP contribution in [0.15, 0.2) is 33.8 Å². The monoisotopic (exact) mass is 294 g/mol. The number of rotatable bonds is 4. The normalized spacial score (nSPS) is 15.3. The van der Waals surface area contributed by atoms with Crippen molar-refractivity contribution in [1.82, 2.24) is 5.01 Å². The van der Waals surface area contributed by atoms with Crippen LogP contribution < -0.4 is 0 Å². The Morgan fingerprint density at radius 2 is 2.29 bits per heavy atom. The molecule has 0 aromatic heterocycles. The van der Waals surface area contributed by atoms with Crippen LogP contribution in [0.2, 0.25) is 0 Å². The molecule has 17 heavy (non-hydrogen) atoms. The minimum absolute atomic E-state index is 0.105. The van der Waals surface area contributed by atoms with Gasteiger partial charge in [0.05, 0.1) is 13.0 Å². The van der Waals surface area contributed by atoms with Crippen LogP contribution in [-0.2, 0) is 11.3 Å². The zero-order chi connectivity index (χ0) is 12.3. The van der Waals surface area contributed by atoms with Crippen molar-refractivity contribution in [3.63, 3.8) is 0 Å². The third kappa shape index (κ3) is 3.16. The average Bonchev–Trinajstić information content (AvgIpc) is 2.60. The van der Waals surface area contributed by atoms with Gasteiger partial charge in [0, 0.05) is 10.2 Å². The Bertz CT molecular complexity index is 456. The minimum Gasteiger partial charge on any atom is -0.273 e. The second-order valence-corrected chi connectivity index (χ2v) is 5.09. The molecule has 90 valence electrons. The fraction of sp³-hybridized carbons (Fsp3) is 0.385. The number of carbonyl (C=O) groups excluding carboxylic acids is 1. The van der Waals surface area contributed by atoms with E-state index in [0.29, 0.717) is 13.0 Å². The lowest BCUT2D eigenvalue weighted by atomic mass is 10.2. The number of hydrazone groups is 1. The van der Waals surface area contributed by atoms with Crippen molar-refractivity contribution >= 4 is 27.5 Å². The van der Waals surface area contributed by atoms with E-state index < -0.39 is 0 Å². The minimum atomic E-state index is 0.105. The quantitative estimate of drug-likeness (QED) is 0.838. The molecule has 0 atom stereocenters.